The fourth-order valence-electron chi connectivity index (χ4n) is 4.18. The second-order valence-electron chi connectivity index (χ2n) is 6.20. The van der Waals surface area contributed by atoms with E-state index in [9.17, 15) is 14.7 Å². The van der Waals surface area contributed by atoms with Crippen LogP contribution in [0.5, 0.6) is 0 Å². The van der Waals surface area contributed by atoms with Gasteiger partial charge < -0.3 is 10.0 Å². The van der Waals surface area contributed by atoms with Crippen molar-refractivity contribution in [2.75, 3.05) is 0 Å². The SMILES string of the molecule is CC(C(=O)O)N(C=O)C1c2ccccc2C2CCCCC21. The Bertz CT molecular complexity index is 557. The minimum absolute atomic E-state index is 0.0879. The first kappa shape index (κ1) is 14.1. The summed E-state index contributed by atoms with van der Waals surface area (Å²) < 4.78 is 0. The van der Waals surface area contributed by atoms with Crippen molar-refractivity contribution in [3.8, 4) is 0 Å². The lowest BCUT2D eigenvalue weighted by molar-refractivity contribution is -0.148. The van der Waals surface area contributed by atoms with Gasteiger partial charge in [-0.3, -0.25) is 4.79 Å². The summed E-state index contributed by atoms with van der Waals surface area (Å²) in [6.45, 7) is 1.59. The first-order valence-corrected chi connectivity index (χ1v) is 7.69. The highest BCUT2D eigenvalue weighted by molar-refractivity contribution is 5.76. The molecular weight excluding hydrogens is 266 g/mol. The second-order valence-corrected chi connectivity index (χ2v) is 6.20. The Balaban J connectivity index is 2.03. The van der Waals surface area contributed by atoms with Gasteiger partial charge in [0.15, 0.2) is 0 Å². The monoisotopic (exact) mass is 287 g/mol. The van der Waals surface area contributed by atoms with Crippen molar-refractivity contribution in [3.63, 3.8) is 0 Å². The van der Waals surface area contributed by atoms with E-state index < -0.39 is 12.0 Å². The third-order valence-corrected chi connectivity index (χ3v) is 5.19. The second kappa shape index (κ2) is 5.51. The summed E-state index contributed by atoms with van der Waals surface area (Å²) in [5.41, 5.74) is 2.46. The van der Waals surface area contributed by atoms with Gasteiger partial charge in [-0.1, -0.05) is 37.1 Å². The number of rotatable bonds is 4. The molecule has 1 saturated carbocycles. The van der Waals surface area contributed by atoms with Gasteiger partial charge in [0.2, 0.25) is 6.41 Å². The molecular formula is C17H21NO3. The normalized spacial score (nSPS) is 28.3. The number of aliphatic carboxylic acids is 1. The summed E-state index contributed by atoms with van der Waals surface area (Å²) >= 11 is 0. The molecule has 0 bridgehead atoms. The van der Waals surface area contributed by atoms with E-state index in [1.807, 2.05) is 12.1 Å². The van der Waals surface area contributed by atoms with E-state index in [1.54, 1.807) is 6.92 Å². The highest BCUT2D eigenvalue weighted by Gasteiger charge is 2.45. The number of benzene rings is 1. The highest BCUT2D eigenvalue weighted by Crippen LogP contribution is 2.54. The summed E-state index contributed by atoms with van der Waals surface area (Å²) in [5.74, 6) is -0.106. The lowest BCUT2D eigenvalue weighted by atomic mass is 9.78. The van der Waals surface area contributed by atoms with Crippen LogP contribution in [0.4, 0.5) is 0 Å². The maximum absolute atomic E-state index is 11.6. The highest BCUT2D eigenvalue weighted by atomic mass is 16.4. The molecule has 1 amide bonds. The molecule has 112 valence electrons. The van der Waals surface area contributed by atoms with Crippen molar-refractivity contribution in [3.05, 3.63) is 35.4 Å². The fraction of sp³-hybridized carbons (Fsp3) is 0.529. The molecule has 4 unspecified atom stereocenters. The van der Waals surface area contributed by atoms with Crippen molar-refractivity contribution >= 4 is 12.4 Å². The van der Waals surface area contributed by atoms with E-state index in [-0.39, 0.29) is 6.04 Å². The van der Waals surface area contributed by atoms with E-state index >= 15 is 0 Å². The molecule has 1 N–H and O–H groups in total. The van der Waals surface area contributed by atoms with E-state index in [4.69, 9.17) is 0 Å². The van der Waals surface area contributed by atoms with Gasteiger partial charge in [0.25, 0.3) is 0 Å². The summed E-state index contributed by atoms with van der Waals surface area (Å²) in [6.07, 6.45) is 5.32. The van der Waals surface area contributed by atoms with Crippen LogP contribution in [0.2, 0.25) is 0 Å². The van der Waals surface area contributed by atoms with E-state index in [0.29, 0.717) is 11.8 Å². The first-order chi connectivity index (χ1) is 10.1. The molecule has 4 heteroatoms. The van der Waals surface area contributed by atoms with Crippen molar-refractivity contribution < 1.29 is 14.7 Å². The maximum atomic E-state index is 11.6. The Morgan fingerprint density at radius 3 is 2.62 bits per heavy atom. The van der Waals surface area contributed by atoms with Crippen LogP contribution in [0.15, 0.2) is 24.3 Å². The molecule has 2 aliphatic carbocycles. The van der Waals surface area contributed by atoms with Gasteiger partial charge in [-0.2, -0.15) is 0 Å². The fourth-order valence-corrected chi connectivity index (χ4v) is 4.18. The Morgan fingerprint density at radius 1 is 1.29 bits per heavy atom. The number of nitrogens with zero attached hydrogens (tertiary/aromatic N) is 1. The number of carbonyl (C=O) groups excluding carboxylic acids is 1. The molecule has 4 atom stereocenters. The van der Waals surface area contributed by atoms with E-state index in [1.165, 1.54) is 23.3 Å². The summed E-state index contributed by atoms with van der Waals surface area (Å²) in [6, 6.07) is 7.35. The van der Waals surface area contributed by atoms with Crippen LogP contribution in [0, 0.1) is 5.92 Å². The van der Waals surface area contributed by atoms with Gasteiger partial charge in [0.1, 0.15) is 6.04 Å². The predicted molar refractivity (Wildman–Crippen MR) is 78.9 cm³/mol. The average molecular weight is 287 g/mol. The number of fused-ring (bicyclic) bond motifs is 3. The van der Waals surface area contributed by atoms with Crippen molar-refractivity contribution in [1.82, 2.24) is 4.90 Å². The Morgan fingerprint density at radius 2 is 1.95 bits per heavy atom. The Labute approximate surface area is 124 Å². The topological polar surface area (TPSA) is 57.6 Å². The Hall–Kier alpha value is -1.84. The summed E-state index contributed by atoms with van der Waals surface area (Å²) in [5, 5.41) is 9.29. The molecule has 1 fully saturated rings. The lowest BCUT2D eigenvalue weighted by Crippen LogP contribution is -2.42. The smallest absolute Gasteiger partial charge is 0.326 e. The number of amides is 1. The molecule has 0 radical (unpaired) electrons. The van der Waals surface area contributed by atoms with Gasteiger partial charge in [0, 0.05) is 0 Å². The predicted octanol–water partition coefficient (Wildman–Crippen LogP) is 2.95. The molecule has 21 heavy (non-hydrogen) atoms. The molecule has 2 aliphatic rings. The minimum Gasteiger partial charge on any atom is -0.480 e. The minimum atomic E-state index is -0.946. The van der Waals surface area contributed by atoms with Crippen LogP contribution >= 0.6 is 0 Å². The quantitative estimate of drug-likeness (QED) is 0.866. The number of carboxylic acid groups (broad SMARTS) is 1. The number of hydrogen-bond acceptors (Lipinski definition) is 2. The van der Waals surface area contributed by atoms with E-state index in [2.05, 4.69) is 12.1 Å². The van der Waals surface area contributed by atoms with Gasteiger partial charge in [-0.25, -0.2) is 4.79 Å². The van der Waals surface area contributed by atoms with Gasteiger partial charge in [-0.15, -0.1) is 0 Å². The van der Waals surface area contributed by atoms with E-state index in [0.717, 1.165) is 24.8 Å². The van der Waals surface area contributed by atoms with Gasteiger partial charge in [-0.05, 0) is 42.7 Å². The van der Waals surface area contributed by atoms with Crippen LogP contribution in [-0.4, -0.2) is 28.4 Å². The van der Waals surface area contributed by atoms with Crippen LogP contribution < -0.4 is 0 Å². The summed E-state index contributed by atoms with van der Waals surface area (Å²) in [4.78, 5) is 24.4. The standard InChI is InChI=1S/C17H21NO3/c1-11(17(20)21)18(10-19)16-14-8-4-2-6-12(14)13-7-3-5-9-15(13)16/h2,4,6,8,10-11,13,15-16H,3,5,7,9H2,1H3,(H,20,21). The zero-order valence-electron chi connectivity index (χ0n) is 12.2. The van der Waals surface area contributed by atoms with Gasteiger partial charge >= 0.3 is 5.97 Å². The van der Waals surface area contributed by atoms with Crippen molar-refractivity contribution in [2.45, 2.75) is 50.6 Å². The molecule has 0 saturated heterocycles. The molecule has 3 rings (SSSR count). The van der Waals surface area contributed by atoms with Crippen molar-refractivity contribution in [2.24, 2.45) is 5.92 Å². The molecule has 1 aromatic rings. The zero-order chi connectivity index (χ0) is 15.0. The Kier molecular flexibility index (Phi) is 3.70. The molecule has 0 aromatic heterocycles. The third kappa shape index (κ3) is 2.23. The number of hydrogen-bond donors (Lipinski definition) is 1. The van der Waals surface area contributed by atoms with Crippen LogP contribution in [0.3, 0.4) is 0 Å². The molecule has 0 spiro atoms. The molecule has 0 heterocycles. The van der Waals surface area contributed by atoms with Gasteiger partial charge in [0.05, 0.1) is 6.04 Å². The maximum Gasteiger partial charge on any atom is 0.326 e. The number of carbonyl (C=O) groups is 2. The zero-order valence-corrected chi connectivity index (χ0v) is 12.2. The lowest BCUT2D eigenvalue weighted by Gasteiger charge is -2.36. The average Bonchev–Trinajstić information content (AvgIpc) is 2.83. The first-order valence-electron chi connectivity index (χ1n) is 7.69. The molecule has 4 nitrogen and oxygen atoms in total. The van der Waals surface area contributed by atoms with Crippen LogP contribution in [0.1, 0.15) is 55.7 Å². The summed E-state index contributed by atoms with van der Waals surface area (Å²) in [7, 11) is 0. The number of carboxylic acids is 1. The van der Waals surface area contributed by atoms with Crippen LogP contribution in [-0.2, 0) is 9.59 Å². The molecule has 1 aromatic carbocycles. The largest absolute Gasteiger partial charge is 0.480 e. The van der Waals surface area contributed by atoms with Crippen LogP contribution in [0.25, 0.3) is 0 Å². The third-order valence-electron chi connectivity index (χ3n) is 5.19. The molecule has 0 aliphatic heterocycles. The van der Waals surface area contributed by atoms with Crippen molar-refractivity contribution in [1.29, 1.82) is 0 Å².